The fraction of sp³-hybridized carbons (Fsp3) is 0.167. The second-order valence-electron chi connectivity index (χ2n) is 3.30. The van der Waals surface area contributed by atoms with Crippen molar-refractivity contribution in [2.75, 3.05) is 6.61 Å². The van der Waals surface area contributed by atoms with Crippen molar-refractivity contribution in [3.8, 4) is 5.75 Å². The molecule has 0 aliphatic heterocycles. The van der Waals surface area contributed by atoms with Crippen LogP contribution >= 0.6 is 27.3 Å². The molecule has 1 aromatic carbocycles. The summed E-state index contributed by atoms with van der Waals surface area (Å²) in [5, 5.41) is 4.09. The molecule has 0 spiro atoms. The van der Waals surface area contributed by atoms with E-state index in [1.807, 2.05) is 11.4 Å². The average Bonchev–Trinajstić information content (AvgIpc) is 2.76. The van der Waals surface area contributed by atoms with Crippen LogP contribution in [0.25, 0.3) is 0 Å². The number of ether oxygens (including phenoxy) is 1. The molecule has 2 aromatic rings. The van der Waals surface area contributed by atoms with Gasteiger partial charge in [-0.25, -0.2) is 4.39 Å². The molecule has 0 atom stereocenters. The molecule has 1 nitrogen and oxygen atoms in total. The van der Waals surface area contributed by atoms with Crippen LogP contribution < -0.4 is 4.74 Å². The van der Waals surface area contributed by atoms with Crippen molar-refractivity contribution in [1.29, 1.82) is 0 Å². The Morgan fingerprint density at radius 3 is 2.94 bits per heavy atom. The molecule has 0 unspecified atom stereocenters. The van der Waals surface area contributed by atoms with Gasteiger partial charge in [-0.15, -0.1) is 0 Å². The van der Waals surface area contributed by atoms with E-state index in [4.69, 9.17) is 4.74 Å². The lowest BCUT2D eigenvalue weighted by Crippen LogP contribution is -2.01. The Balaban J connectivity index is 1.92. The molecule has 0 aliphatic rings. The highest BCUT2D eigenvalue weighted by molar-refractivity contribution is 9.10. The number of benzene rings is 1. The van der Waals surface area contributed by atoms with Crippen LogP contribution in [0.2, 0.25) is 0 Å². The van der Waals surface area contributed by atoms with Gasteiger partial charge in [0.2, 0.25) is 0 Å². The number of halogens is 2. The number of hydrogen-bond acceptors (Lipinski definition) is 2. The predicted molar refractivity (Wildman–Crippen MR) is 67.6 cm³/mol. The van der Waals surface area contributed by atoms with Gasteiger partial charge in [-0.3, -0.25) is 0 Å². The van der Waals surface area contributed by atoms with Crippen molar-refractivity contribution in [3.63, 3.8) is 0 Å². The third kappa shape index (κ3) is 3.06. The van der Waals surface area contributed by atoms with E-state index in [0.29, 0.717) is 12.4 Å². The summed E-state index contributed by atoms with van der Waals surface area (Å²) in [7, 11) is 0. The molecule has 4 heteroatoms. The first-order chi connectivity index (χ1) is 7.75. The van der Waals surface area contributed by atoms with Gasteiger partial charge in [0, 0.05) is 10.9 Å². The molecule has 0 radical (unpaired) electrons. The van der Waals surface area contributed by atoms with E-state index in [-0.39, 0.29) is 5.82 Å². The first-order valence-corrected chi connectivity index (χ1v) is 6.58. The molecule has 0 aliphatic carbocycles. The molecule has 0 fully saturated rings. The number of hydrogen-bond donors (Lipinski definition) is 0. The number of rotatable bonds is 4. The van der Waals surface area contributed by atoms with Gasteiger partial charge in [0.15, 0.2) is 11.6 Å². The summed E-state index contributed by atoms with van der Waals surface area (Å²) in [5.74, 6) is -0.0295. The zero-order valence-corrected chi connectivity index (χ0v) is 10.9. The standard InChI is InChI=1S/C12H10BrFOS/c13-10-1-2-11(14)12(7-10)15-5-3-9-4-6-16-8-9/h1-2,4,6-8H,3,5H2. The third-order valence-electron chi connectivity index (χ3n) is 2.12. The maximum Gasteiger partial charge on any atom is 0.165 e. The Morgan fingerprint density at radius 2 is 2.19 bits per heavy atom. The summed E-state index contributed by atoms with van der Waals surface area (Å²) >= 11 is 4.94. The average molecular weight is 301 g/mol. The molecule has 0 N–H and O–H groups in total. The molecular weight excluding hydrogens is 291 g/mol. The largest absolute Gasteiger partial charge is 0.490 e. The van der Waals surface area contributed by atoms with Gasteiger partial charge in [-0.2, -0.15) is 11.3 Å². The highest BCUT2D eigenvalue weighted by atomic mass is 79.9. The molecule has 0 saturated carbocycles. The van der Waals surface area contributed by atoms with Crippen LogP contribution in [-0.2, 0) is 6.42 Å². The minimum absolute atomic E-state index is 0.296. The van der Waals surface area contributed by atoms with Gasteiger partial charge in [-0.05, 0) is 40.6 Å². The maximum atomic E-state index is 13.3. The Morgan fingerprint density at radius 1 is 1.31 bits per heavy atom. The monoisotopic (exact) mass is 300 g/mol. The van der Waals surface area contributed by atoms with Crippen LogP contribution in [0.4, 0.5) is 4.39 Å². The Kier molecular flexibility index (Phi) is 3.96. The molecule has 0 bridgehead atoms. The van der Waals surface area contributed by atoms with E-state index in [1.165, 1.54) is 11.6 Å². The minimum atomic E-state index is -0.325. The molecule has 0 amide bonds. The summed E-state index contributed by atoms with van der Waals surface area (Å²) in [5.41, 5.74) is 1.22. The van der Waals surface area contributed by atoms with Crippen molar-refractivity contribution in [2.45, 2.75) is 6.42 Å². The van der Waals surface area contributed by atoms with Crippen LogP contribution in [-0.4, -0.2) is 6.61 Å². The second kappa shape index (κ2) is 5.46. The lowest BCUT2D eigenvalue weighted by atomic mass is 10.2. The minimum Gasteiger partial charge on any atom is -0.490 e. The van der Waals surface area contributed by atoms with Gasteiger partial charge in [0.1, 0.15) is 0 Å². The lowest BCUT2D eigenvalue weighted by Gasteiger charge is -2.06. The summed E-state index contributed by atoms with van der Waals surface area (Å²) in [6.45, 7) is 0.490. The van der Waals surface area contributed by atoms with Crippen molar-refractivity contribution < 1.29 is 9.13 Å². The van der Waals surface area contributed by atoms with Crippen LogP contribution in [0.15, 0.2) is 39.5 Å². The lowest BCUT2D eigenvalue weighted by molar-refractivity contribution is 0.305. The van der Waals surface area contributed by atoms with Crippen LogP contribution in [0.1, 0.15) is 5.56 Å². The first-order valence-electron chi connectivity index (χ1n) is 4.84. The van der Waals surface area contributed by atoms with E-state index in [9.17, 15) is 4.39 Å². The van der Waals surface area contributed by atoms with Crippen LogP contribution in [0, 0.1) is 5.82 Å². The summed E-state index contributed by atoms with van der Waals surface area (Å²) in [4.78, 5) is 0. The van der Waals surface area contributed by atoms with E-state index < -0.39 is 0 Å². The van der Waals surface area contributed by atoms with Gasteiger partial charge in [0.05, 0.1) is 6.61 Å². The fourth-order valence-corrected chi connectivity index (χ4v) is 2.34. The Hall–Kier alpha value is -0.870. The molecule has 1 heterocycles. The zero-order chi connectivity index (χ0) is 11.4. The number of thiophene rings is 1. The van der Waals surface area contributed by atoms with E-state index in [1.54, 1.807) is 23.5 Å². The highest BCUT2D eigenvalue weighted by Gasteiger charge is 2.03. The zero-order valence-electron chi connectivity index (χ0n) is 8.45. The quantitative estimate of drug-likeness (QED) is 0.819. The Bertz CT molecular complexity index is 456. The van der Waals surface area contributed by atoms with Crippen molar-refractivity contribution in [2.24, 2.45) is 0 Å². The van der Waals surface area contributed by atoms with Crippen molar-refractivity contribution in [3.05, 3.63) is 50.9 Å². The summed E-state index contributed by atoms with van der Waals surface area (Å²) in [6.07, 6.45) is 0.801. The van der Waals surface area contributed by atoms with E-state index in [2.05, 4.69) is 21.3 Å². The van der Waals surface area contributed by atoms with Gasteiger partial charge < -0.3 is 4.74 Å². The van der Waals surface area contributed by atoms with Crippen LogP contribution in [0.5, 0.6) is 5.75 Å². The Labute approximate surface area is 106 Å². The first kappa shape index (κ1) is 11.6. The normalized spacial score (nSPS) is 10.4. The molecule has 16 heavy (non-hydrogen) atoms. The molecule has 84 valence electrons. The van der Waals surface area contributed by atoms with Crippen molar-refractivity contribution in [1.82, 2.24) is 0 Å². The summed E-state index contributed by atoms with van der Waals surface area (Å²) < 4.78 is 19.5. The summed E-state index contributed by atoms with van der Waals surface area (Å²) in [6, 6.07) is 6.74. The van der Waals surface area contributed by atoms with Gasteiger partial charge in [0.25, 0.3) is 0 Å². The van der Waals surface area contributed by atoms with Gasteiger partial charge in [-0.1, -0.05) is 15.9 Å². The van der Waals surface area contributed by atoms with E-state index in [0.717, 1.165) is 10.9 Å². The van der Waals surface area contributed by atoms with Gasteiger partial charge >= 0.3 is 0 Å². The van der Waals surface area contributed by atoms with Crippen LogP contribution in [0.3, 0.4) is 0 Å². The molecule has 2 rings (SSSR count). The highest BCUT2D eigenvalue weighted by Crippen LogP contribution is 2.22. The molecule has 1 aromatic heterocycles. The maximum absolute atomic E-state index is 13.3. The topological polar surface area (TPSA) is 9.23 Å². The van der Waals surface area contributed by atoms with Crippen molar-refractivity contribution >= 4 is 27.3 Å². The smallest absolute Gasteiger partial charge is 0.165 e. The molecular formula is C12H10BrFOS. The third-order valence-corrected chi connectivity index (χ3v) is 3.35. The predicted octanol–water partition coefficient (Wildman–Crippen LogP) is 4.27. The van der Waals surface area contributed by atoms with E-state index >= 15 is 0 Å². The molecule has 0 saturated heterocycles. The second-order valence-corrected chi connectivity index (χ2v) is 5.00. The SMILES string of the molecule is Fc1ccc(Br)cc1OCCc1ccsc1. The fourth-order valence-electron chi connectivity index (χ4n) is 1.30.